The topological polar surface area (TPSA) is 30.5 Å². The van der Waals surface area contributed by atoms with Gasteiger partial charge in [0.1, 0.15) is 0 Å². The molecule has 1 aliphatic rings. The standard InChI is InChI=1S/C14H27NO2/c1-3-16-14(17-4-2)10-11-15-12-13-8-6-5-7-9-13/h5-6,13-15H,3-4,7-12H2,1-2H3. The Bertz CT molecular complexity index is 200. The molecule has 0 aromatic carbocycles. The van der Waals surface area contributed by atoms with E-state index >= 15 is 0 Å². The minimum absolute atomic E-state index is 0.0382. The van der Waals surface area contributed by atoms with Crippen LogP contribution in [0.25, 0.3) is 0 Å². The van der Waals surface area contributed by atoms with Crippen LogP contribution in [0.5, 0.6) is 0 Å². The van der Waals surface area contributed by atoms with Crippen molar-refractivity contribution in [3.63, 3.8) is 0 Å². The van der Waals surface area contributed by atoms with Crippen molar-refractivity contribution < 1.29 is 9.47 Å². The number of nitrogens with one attached hydrogen (secondary N) is 1. The maximum absolute atomic E-state index is 5.50. The van der Waals surface area contributed by atoms with Crippen LogP contribution in [0.15, 0.2) is 12.2 Å². The highest BCUT2D eigenvalue weighted by atomic mass is 16.7. The molecule has 0 spiro atoms. The molecule has 0 heterocycles. The second-order valence-electron chi connectivity index (χ2n) is 4.48. The molecule has 3 nitrogen and oxygen atoms in total. The lowest BCUT2D eigenvalue weighted by Crippen LogP contribution is -2.28. The van der Waals surface area contributed by atoms with Gasteiger partial charge < -0.3 is 14.8 Å². The fraction of sp³-hybridized carbons (Fsp3) is 0.857. The molecule has 0 amide bonds. The minimum atomic E-state index is -0.0382. The fourth-order valence-electron chi connectivity index (χ4n) is 2.15. The molecule has 1 N–H and O–H groups in total. The molecule has 17 heavy (non-hydrogen) atoms. The molecule has 1 atom stereocenters. The molecule has 0 saturated heterocycles. The third kappa shape index (κ3) is 6.81. The maximum atomic E-state index is 5.50. The van der Waals surface area contributed by atoms with E-state index in [2.05, 4.69) is 17.5 Å². The summed E-state index contributed by atoms with van der Waals surface area (Å²) in [5, 5.41) is 3.51. The molecule has 0 saturated carbocycles. The van der Waals surface area contributed by atoms with Crippen LogP contribution >= 0.6 is 0 Å². The highest BCUT2D eigenvalue weighted by Gasteiger charge is 2.10. The van der Waals surface area contributed by atoms with Gasteiger partial charge in [0.05, 0.1) is 0 Å². The van der Waals surface area contributed by atoms with Gasteiger partial charge in [0.2, 0.25) is 0 Å². The van der Waals surface area contributed by atoms with Crippen molar-refractivity contribution in [1.82, 2.24) is 5.32 Å². The largest absolute Gasteiger partial charge is 0.353 e. The van der Waals surface area contributed by atoms with E-state index in [9.17, 15) is 0 Å². The third-order valence-electron chi connectivity index (χ3n) is 3.07. The van der Waals surface area contributed by atoms with Gasteiger partial charge in [-0.2, -0.15) is 0 Å². The maximum Gasteiger partial charge on any atom is 0.158 e. The van der Waals surface area contributed by atoms with Gasteiger partial charge in [-0.1, -0.05) is 12.2 Å². The van der Waals surface area contributed by atoms with E-state index in [1.165, 1.54) is 19.3 Å². The Hall–Kier alpha value is -0.380. The van der Waals surface area contributed by atoms with Crippen LogP contribution < -0.4 is 5.32 Å². The third-order valence-corrected chi connectivity index (χ3v) is 3.07. The van der Waals surface area contributed by atoms with E-state index in [-0.39, 0.29) is 6.29 Å². The molecular formula is C14H27NO2. The first-order valence-corrected chi connectivity index (χ1v) is 6.95. The lowest BCUT2D eigenvalue weighted by molar-refractivity contribution is -0.138. The van der Waals surface area contributed by atoms with E-state index in [1.54, 1.807) is 0 Å². The average Bonchev–Trinajstić information content (AvgIpc) is 2.36. The van der Waals surface area contributed by atoms with Crippen molar-refractivity contribution in [1.29, 1.82) is 0 Å². The summed E-state index contributed by atoms with van der Waals surface area (Å²) in [7, 11) is 0. The summed E-state index contributed by atoms with van der Waals surface area (Å²) in [6.07, 6.45) is 9.29. The van der Waals surface area contributed by atoms with E-state index in [0.717, 1.165) is 38.6 Å². The number of rotatable bonds is 9. The minimum Gasteiger partial charge on any atom is -0.353 e. The predicted molar refractivity (Wildman–Crippen MR) is 71.0 cm³/mol. The number of hydrogen-bond donors (Lipinski definition) is 1. The molecule has 1 rings (SSSR count). The quantitative estimate of drug-likeness (QED) is 0.382. The molecule has 0 aromatic heterocycles. The molecule has 1 aliphatic carbocycles. The van der Waals surface area contributed by atoms with Crippen LogP contribution in [-0.4, -0.2) is 32.6 Å². The normalized spacial score (nSPS) is 20.1. The van der Waals surface area contributed by atoms with Crippen molar-refractivity contribution >= 4 is 0 Å². The summed E-state index contributed by atoms with van der Waals surface area (Å²) in [5.41, 5.74) is 0. The zero-order valence-corrected chi connectivity index (χ0v) is 11.3. The number of ether oxygens (including phenoxy) is 2. The van der Waals surface area contributed by atoms with Gasteiger partial charge in [0.15, 0.2) is 6.29 Å². The molecule has 0 aliphatic heterocycles. The predicted octanol–water partition coefficient (Wildman–Crippen LogP) is 2.72. The SMILES string of the molecule is CCOC(CCNCC1CC=CCC1)OCC. The van der Waals surface area contributed by atoms with Gasteiger partial charge >= 0.3 is 0 Å². The van der Waals surface area contributed by atoms with Crippen molar-refractivity contribution in [2.24, 2.45) is 5.92 Å². The molecule has 0 radical (unpaired) electrons. The van der Waals surface area contributed by atoms with Crippen LogP contribution in [0.2, 0.25) is 0 Å². The van der Waals surface area contributed by atoms with E-state index in [1.807, 2.05) is 13.8 Å². The number of allylic oxidation sites excluding steroid dienone is 2. The molecule has 0 aromatic rings. The second-order valence-corrected chi connectivity index (χ2v) is 4.48. The Morgan fingerprint density at radius 3 is 2.59 bits per heavy atom. The Morgan fingerprint density at radius 1 is 1.24 bits per heavy atom. The Labute approximate surface area is 106 Å². The van der Waals surface area contributed by atoms with Crippen LogP contribution in [0, 0.1) is 5.92 Å². The highest BCUT2D eigenvalue weighted by molar-refractivity contribution is 4.90. The van der Waals surface area contributed by atoms with Gasteiger partial charge in [0, 0.05) is 19.6 Å². The first-order chi connectivity index (χ1) is 8.36. The first kappa shape index (κ1) is 14.7. The smallest absolute Gasteiger partial charge is 0.158 e. The Kier molecular flexibility index (Phi) is 8.32. The van der Waals surface area contributed by atoms with Gasteiger partial charge in [-0.25, -0.2) is 0 Å². The van der Waals surface area contributed by atoms with Gasteiger partial charge in [0.25, 0.3) is 0 Å². The summed E-state index contributed by atoms with van der Waals surface area (Å²) in [6.45, 7) is 7.55. The first-order valence-electron chi connectivity index (χ1n) is 6.95. The zero-order chi connectivity index (χ0) is 12.3. The van der Waals surface area contributed by atoms with Crippen LogP contribution in [0.3, 0.4) is 0 Å². The molecular weight excluding hydrogens is 214 g/mol. The second kappa shape index (κ2) is 9.63. The van der Waals surface area contributed by atoms with Crippen LogP contribution in [-0.2, 0) is 9.47 Å². The molecule has 100 valence electrons. The lowest BCUT2D eigenvalue weighted by atomic mass is 9.94. The molecule has 0 bridgehead atoms. The summed E-state index contributed by atoms with van der Waals surface area (Å²) in [5.74, 6) is 0.817. The zero-order valence-electron chi connectivity index (χ0n) is 11.3. The monoisotopic (exact) mass is 241 g/mol. The van der Waals surface area contributed by atoms with E-state index < -0.39 is 0 Å². The average molecular weight is 241 g/mol. The Morgan fingerprint density at radius 2 is 2.00 bits per heavy atom. The van der Waals surface area contributed by atoms with Crippen molar-refractivity contribution in [3.8, 4) is 0 Å². The van der Waals surface area contributed by atoms with Crippen molar-refractivity contribution in [2.45, 2.75) is 45.8 Å². The number of hydrogen-bond acceptors (Lipinski definition) is 3. The van der Waals surface area contributed by atoms with Crippen LogP contribution in [0.1, 0.15) is 39.5 Å². The lowest BCUT2D eigenvalue weighted by Gasteiger charge is -2.20. The van der Waals surface area contributed by atoms with Crippen LogP contribution in [0.4, 0.5) is 0 Å². The Balaban J connectivity index is 2.02. The van der Waals surface area contributed by atoms with E-state index in [4.69, 9.17) is 9.47 Å². The van der Waals surface area contributed by atoms with Crippen molar-refractivity contribution in [2.75, 3.05) is 26.3 Å². The molecule has 1 unspecified atom stereocenters. The van der Waals surface area contributed by atoms with Gasteiger partial charge in [-0.3, -0.25) is 0 Å². The molecule has 3 heteroatoms. The summed E-state index contributed by atoms with van der Waals surface area (Å²) >= 11 is 0. The van der Waals surface area contributed by atoms with Gasteiger partial charge in [-0.05, 0) is 52.1 Å². The fourth-order valence-corrected chi connectivity index (χ4v) is 2.15. The summed E-state index contributed by atoms with van der Waals surface area (Å²) in [4.78, 5) is 0. The summed E-state index contributed by atoms with van der Waals surface area (Å²) in [6, 6.07) is 0. The van der Waals surface area contributed by atoms with Crippen molar-refractivity contribution in [3.05, 3.63) is 12.2 Å². The van der Waals surface area contributed by atoms with Gasteiger partial charge in [-0.15, -0.1) is 0 Å². The van der Waals surface area contributed by atoms with E-state index in [0.29, 0.717) is 0 Å². The molecule has 0 fully saturated rings. The summed E-state index contributed by atoms with van der Waals surface area (Å²) < 4.78 is 11.0. The highest BCUT2D eigenvalue weighted by Crippen LogP contribution is 2.16.